The lowest BCUT2D eigenvalue weighted by Gasteiger charge is -2.12. The molecule has 0 bridgehead atoms. The van der Waals surface area contributed by atoms with E-state index < -0.39 is 36.2 Å². The van der Waals surface area contributed by atoms with Crippen molar-refractivity contribution in [1.29, 1.82) is 0 Å². The van der Waals surface area contributed by atoms with Crippen LogP contribution in [-0.2, 0) is 14.4 Å². The zero-order valence-corrected chi connectivity index (χ0v) is 16.0. The van der Waals surface area contributed by atoms with Gasteiger partial charge in [-0.1, -0.05) is 12.1 Å². The Balaban J connectivity index is 1.86. The van der Waals surface area contributed by atoms with Crippen LogP contribution in [0.15, 0.2) is 47.5 Å². The van der Waals surface area contributed by atoms with Gasteiger partial charge in [0.15, 0.2) is 0 Å². The van der Waals surface area contributed by atoms with Crippen LogP contribution in [0.1, 0.15) is 4.11 Å². The van der Waals surface area contributed by atoms with Gasteiger partial charge >= 0.3 is 0 Å². The number of hydrogen-bond acceptors (Lipinski definition) is 5. The third-order valence-corrected chi connectivity index (χ3v) is 5.15. The first kappa shape index (κ1) is 17.0. The van der Waals surface area contributed by atoms with Crippen LogP contribution in [0.5, 0.6) is 5.75 Å². The minimum absolute atomic E-state index is 0.00762. The summed E-state index contributed by atoms with van der Waals surface area (Å²) in [5.74, 6) is -3.00. The van der Waals surface area contributed by atoms with Gasteiger partial charge in [0.05, 0.1) is 18.3 Å². The van der Waals surface area contributed by atoms with Gasteiger partial charge in [-0.15, -0.1) is 0 Å². The van der Waals surface area contributed by atoms with Crippen LogP contribution < -0.4 is 15.5 Å². The molecule has 152 valence electrons. The molecule has 0 aliphatic carbocycles. The number of thioether (sulfide) groups is 1. The number of methoxy groups -OCH3 is 1. The molecule has 0 spiro atoms. The fraction of sp³-hybridized carbons (Fsp3) is 0.200. The molecular weight excluding hydrogens is 402 g/mol. The molecular formula is C20H18F2N2O4S. The van der Waals surface area contributed by atoms with Crippen molar-refractivity contribution in [1.82, 2.24) is 5.48 Å². The van der Waals surface area contributed by atoms with Crippen molar-refractivity contribution in [3.8, 4) is 16.9 Å². The number of carbonyl (C=O) groups excluding carboxylic acids is 2. The SMILES string of the molecule is [2H]C([2H])([2H])Oc1cccc(-c2cc(F)c(NC(=O)C3=C(C(=O)NOC)CSC3)c(F)c2)c1. The molecule has 6 nitrogen and oxygen atoms in total. The van der Waals surface area contributed by atoms with E-state index in [-0.39, 0.29) is 34.0 Å². The van der Waals surface area contributed by atoms with E-state index in [1.807, 2.05) is 0 Å². The average Bonchev–Trinajstić information content (AvgIpc) is 3.20. The summed E-state index contributed by atoms with van der Waals surface area (Å²) in [6, 6.07) is 7.76. The predicted molar refractivity (Wildman–Crippen MR) is 106 cm³/mol. The van der Waals surface area contributed by atoms with Gasteiger partial charge in [-0.2, -0.15) is 11.8 Å². The third-order valence-electron chi connectivity index (χ3n) is 4.17. The van der Waals surface area contributed by atoms with E-state index in [1.165, 1.54) is 43.1 Å². The number of amides is 2. The number of rotatable bonds is 6. The Labute approximate surface area is 174 Å². The zero-order valence-electron chi connectivity index (χ0n) is 18.2. The molecule has 0 fully saturated rings. The smallest absolute Gasteiger partial charge is 0.272 e. The van der Waals surface area contributed by atoms with Gasteiger partial charge in [-0.25, -0.2) is 14.3 Å². The van der Waals surface area contributed by atoms with Crippen molar-refractivity contribution < 1.29 is 32.1 Å². The van der Waals surface area contributed by atoms with Crippen LogP contribution >= 0.6 is 11.8 Å². The molecule has 2 aromatic carbocycles. The molecule has 0 atom stereocenters. The number of anilines is 1. The topological polar surface area (TPSA) is 76.7 Å². The summed E-state index contributed by atoms with van der Waals surface area (Å²) in [4.78, 5) is 29.1. The molecule has 1 aliphatic rings. The van der Waals surface area contributed by atoms with Gasteiger partial charge in [0.2, 0.25) is 0 Å². The Bertz CT molecular complexity index is 1070. The molecule has 0 saturated carbocycles. The van der Waals surface area contributed by atoms with Crippen LogP contribution in [0, 0.1) is 11.6 Å². The standard InChI is InChI=1S/C20H18F2N2O4S/c1-27-13-5-3-4-11(6-13)12-7-16(21)18(17(22)8-12)23-19(25)14-9-29-10-15(14)20(26)24-28-2/h3-8H,9-10H2,1-2H3,(H,23,25)(H,24,26)/i1D3. The van der Waals surface area contributed by atoms with Crippen LogP contribution in [0.2, 0.25) is 0 Å². The van der Waals surface area contributed by atoms with E-state index in [1.54, 1.807) is 0 Å². The van der Waals surface area contributed by atoms with Crippen molar-refractivity contribution in [2.24, 2.45) is 0 Å². The number of halogens is 2. The molecule has 3 rings (SSSR count). The molecule has 9 heteroatoms. The lowest BCUT2D eigenvalue weighted by atomic mass is 10.0. The highest BCUT2D eigenvalue weighted by molar-refractivity contribution is 8.00. The summed E-state index contributed by atoms with van der Waals surface area (Å²) in [6.07, 6.45) is 0. The lowest BCUT2D eigenvalue weighted by Crippen LogP contribution is -2.27. The summed E-state index contributed by atoms with van der Waals surface area (Å²) < 4.78 is 55.7. The lowest BCUT2D eigenvalue weighted by molar-refractivity contribution is -0.127. The molecule has 0 aromatic heterocycles. The molecule has 2 aromatic rings. The van der Waals surface area contributed by atoms with Gasteiger partial charge in [0.25, 0.3) is 11.8 Å². The van der Waals surface area contributed by atoms with Crippen molar-refractivity contribution in [3.05, 3.63) is 59.2 Å². The summed E-state index contributed by atoms with van der Waals surface area (Å²) in [6.45, 7) is 0. The molecule has 1 heterocycles. The number of ether oxygens (including phenoxy) is 1. The van der Waals surface area contributed by atoms with Gasteiger partial charge in [-0.05, 0) is 35.4 Å². The van der Waals surface area contributed by atoms with E-state index in [0.717, 1.165) is 12.1 Å². The van der Waals surface area contributed by atoms with Crippen molar-refractivity contribution in [2.45, 2.75) is 0 Å². The van der Waals surface area contributed by atoms with Crippen LogP contribution in [-0.4, -0.2) is 37.5 Å². The molecule has 29 heavy (non-hydrogen) atoms. The molecule has 0 radical (unpaired) electrons. The van der Waals surface area contributed by atoms with E-state index in [0.29, 0.717) is 5.56 Å². The minimum Gasteiger partial charge on any atom is -0.497 e. The largest absolute Gasteiger partial charge is 0.497 e. The summed E-state index contributed by atoms with van der Waals surface area (Å²) in [5.41, 5.74) is 2.15. The van der Waals surface area contributed by atoms with Gasteiger partial charge in [-0.3, -0.25) is 14.4 Å². The average molecular weight is 423 g/mol. The number of hydroxylamine groups is 1. The first-order valence-electron chi connectivity index (χ1n) is 9.82. The number of carbonyl (C=O) groups is 2. The monoisotopic (exact) mass is 423 g/mol. The summed E-state index contributed by atoms with van der Waals surface area (Å²) in [5, 5.41) is 2.19. The quantitative estimate of drug-likeness (QED) is 0.698. The maximum absolute atomic E-state index is 14.7. The second-order valence-corrected chi connectivity index (χ2v) is 6.97. The Kier molecular flexibility index (Phi) is 5.31. The Morgan fingerprint density at radius 2 is 1.76 bits per heavy atom. The summed E-state index contributed by atoms with van der Waals surface area (Å²) in [7, 11) is -1.42. The van der Waals surface area contributed by atoms with E-state index in [2.05, 4.69) is 15.6 Å². The molecule has 0 saturated heterocycles. The van der Waals surface area contributed by atoms with Crippen molar-refractivity contribution in [2.75, 3.05) is 31.0 Å². The zero-order chi connectivity index (χ0) is 23.5. The Morgan fingerprint density at radius 3 is 2.41 bits per heavy atom. The van der Waals surface area contributed by atoms with Crippen LogP contribution in [0.3, 0.4) is 0 Å². The molecule has 0 unspecified atom stereocenters. The molecule has 2 amide bonds. The maximum atomic E-state index is 14.7. The fourth-order valence-corrected chi connectivity index (χ4v) is 3.90. The summed E-state index contributed by atoms with van der Waals surface area (Å²) >= 11 is 1.31. The molecule has 2 N–H and O–H groups in total. The van der Waals surface area contributed by atoms with Crippen molar-refractivity contribution >= 4 is 29.3 Å². The van der Waals surface area contributed by atoms with E-state index in [9.17, 15) is 18.4 Å². The third kappa shape index (κ3) is 4.57. The second-order valence-electron chi connectivity index (χ2n) is 5.98. The second kappa shape index (κ2) is 9.06. The maximum Gasteiger partial charge on any atom is 0.272 e. The van der Waals surface area contributed by atoms with Crippen LogP contribution in [0.4, 0.5) is 14.5 Å². The minimum atomic E-state index is -2.67. The fourth-order valence-electron chi connectivity index (χ4n) is 2.78. The number of benzene rings is 2. The van der Waals surface area contributed by atoms with E-state index >= 15 is 0 Å². The van der Waals surface area contributed by atoms with Crippen molar-refractivity contribution in [3.63, 3.8) is 0 Å². The highest BCUT2D eigenvalue weighted by Gasteiger charge is 2.27. The van der Waals surface area contributed by atoms with Gasteiger partial charge in [0.1, 0.15) is 23.1 Å². The normalized spacial score (nSPS) is 15.3. The first-order valence-corrected chi connectivity index (χ1v) is 9.47. The Hall–Kier alpha value is -2.91. The van der Waals surface area contributed by atoms with Gasteiger partial charge in [0, 0.05) is 22.7 Å². The van der Waals surface area contributed by atoms with Crippen LogP contribution in [0.25, 0.3) is 11.1 Å². The highest BCUT2D eigenvalue weighted by atomic mass is 32.2. The number of hydrogen-bond donors (Lipinski definition) is 2. The number of nitrogens with one attached hydrogen (secondary N) is 2. The molecule has 1 aliphatic heterocycles. The van der Waals surface area contributed by atoms with Gasteiger partial charge < -0.3 is 10.1 Å². The highest BCUT2D eigenvalue weighted by Crippen LogP contribution is 2.31. The van der Waals surface area contributed by atoms with E-state index in [4.69, 9.17) is 8.85 Å². The predicted octanol–water partition coefficient (Wildman–Crippen LogP) is 3.30. The first-order chi connectivity index (χ1) is 15.1. The Morgan fingerprint density at radius 1 is 1.07 bits per heavy atom.